The number of hydrogen-bond acceptors (Lipinski definition) is 9. The lowest BCUT2D eigenvalue weighted by Gasteiger charge is -2.38. The highest BCUT2D eigenvalue weighted by Gasteiger charge is 2.44. The lowest BCUT2D eigenvalue weighted by atomic mass is 9.88. The van der Waals surface area contributed by atoms with Crippen LogP contribution in [-0.2, 0) is 31.8 Å². The van der Waals surface area contributed by atoms with Crippen LogP contribution in [-0.4, -0.2) is 93.7 Å². The van der Waals surface area contributed by atoms with Crippen LogP contribution in [0.25, 0.3) is 11.1 Å². The molecule has 12 nitrogen and oxygen atoms in total. The van der Waals surface area contributed by atoms with E-state index in [0.29, 0.717) is 38.3 Å². The van der Waals surface area contributed by atoms with Crippen LogP contribution in [0.1, 0.15) is 19.3 Å². The van der Waals surface area contributed by atoms with E-state index < -0.39 is 31.8 Å². The largest absolute Gasteiger partial charge is 0.491 e. The predicted octanol–water partition coefficient (Wildman–Crippen LogP) is 1.34. The number of nitrogens with zero attached hydrogens (tertiary/aromatic N) is 3. The summed E-state index contributed by atoms with van der Waals surface area (Å²) in [6.45, 7) is 1.46. The number of rotatable bonds is 11. The Labute approximate surface area is 246 Å². The Kier molecular flexibility index (Phi) is 9.04. The van der Waals surface area contributed by atoms with Crippen LogP contribution in [0.2, 0.25) is 0 Å². The van der Waals surface area contributed by atoms with Crippen LogP contribution < -0.4 is 14.8 Å². The van der Waals surface area contributed by atoms with Gasteiger partial charge >= 0.3 is 0 Å². The molecular weight excluding hydrogens is 582 g/mol. The molecule has 2 aromatic carbocycles. The third-order valence-electron chi connectivity index (χ3n) is 7.82. The van der Waals surface area contributed by atoms with E-state index in [9.17, 15) is 21.9 Å². The molecule has 5 rings (SSSR count). The van der Waals surface area contributed by atoms with E-state index in [1.165, 1.54) is 23.5 Å². The zero-order valence-electron chi connectivity index (χ0n) is 23.6. The maximum Gasteiger partial charge on any atom is 0.243 e. The number of piperidine rings is 1. The van der Waals surface area contributed by atoms with Gasteiger partial charge < -0.3 is 19.9 Å². The van der Waals surface area contributed by atoms with Crippen molar-refractivity contribution < 1.29 is 31.4 Å². The molecule has 14 heteroatoms. The van der Waals surface area contributed by atoms with E-state index >= 15 is 0 Å². The maximum atomic E-state index is 13.4. The number of aryl methyl sites for hydroxylation is 1. The molecule has 2 aliphatic heterocycles. The smallest absolute Gasteiger partial charge is 0.243 e. The Balaban J connectivity index is 1.10. The third-order valence-corrected chi connectivity index (χ3v) is 11.1. The van der Waals surface area contributed by atoms with Crippen molar-refractivity contribution in [2.24, 2.45) is 7.05 Å². The van der Waals surface area contributed by atoms with Crippen molar-refractivity contribution in [2.45, 2.75) is 46.8 Å². The minimum atomic E-state index is -3.66. The molecule has 3 N–H and O–H groups in total. The fourth-order valence-corrected chi connectivity index (χ4v) is 7.67. The third kappa shape index (κ3) is 6.86. The van der Waals surface area contributed by atoms with Crippen molar-refractivity contribution in [3.63, 3.8) is 0 Å². The minimum absolute atomic E-state index is 0.0103. The van der Waals surface area contributed by atoms with Gasteiger partial charge in [-0.3, -0.25) is 4.68 Å². The number of aromatic nitrogens is 2. The first-order valence-electron chi connectivity index (χ1n) is 13.8. The van der Waals surface area contributed by atoms with Crippen molar-refractivity contribution in [3.05, 3.63) is 60.9 Å². The molecule has 1 spiro atoms. The first-order valence-corrected chi connectivity index (χ1v) is 16.7. The summed E-state index contributed by atoms with van der Waals surface area (Å²) >= 11 is 0. The lowest BCUT2D eigenvalue weighted by Crippen LogP contribution is -2.47. The summed E-state index contributed by atoms with van der Waals surface area (Å²) in [7, 11) is -4.09. The Morgan fingerprint density at radius 3 is 2.55 bits per heavy atom. The zero-order chi connectivity index (χ0) is 30.0. The molecule has 2 fully saturated rings. The standard InChI is InChI=1S/C28H37N5O7S2/c1-29-41(35,36)26-7-4-6-25(14-26)39-20-24(34)17-30-23-15-28(40-19-23)9-11-33(12-10-28)42(37,38)27-8-3-5-21(13-27)22-16-31-32(2)18-22/h3-8,13-14,16,18,23-24,29-30,34H,9-12,15,17,19-20H2,1-2H3/t23-,24+/m1/s1. The molecule has 3 heterocycles. The van der Waals surface area contributed by atoms with Crippen LogP contribution in [0.3, 0.4) is 0 Å². The maximum absolute atomic E-state index is 13.4. The number of sulfonamides is 2. The SMILES string of the molecule is CNS(=O)(=O)c1cccc(OC[C@@H](O)CN[C@H]2COC3(CCN(S(=O)(=O)c4cccc(-c5cnn(C)c5)c4)CC3)C2)c1. The fourth-order valence-electron chi connectivity index (χ4n) is 5.42. The second kappa shape index (κ2) is 12.4. The average Bonchev–Trinajstić information content (AvgIpc) is 3.61. The molecule has 2 atom stereocenters. The number of aliphatic hydroxyl groups excluding tert-OH is 1. The predicted molar refractivity (Wildman–Crippen MR) is 156 cm³/mol. The van der Waals surface area contributed by atoms with Crippen LogP contribution in [0.15, 0.2) is 70.7 Å². The van der Waals surface area contributed by atoms with Crippen molar-refractivity contribution in [3.8, 4) is 16.9 Å². The van der Waals surface area contributed by atoms with E-state index in [0.717, 1.165) is 17.5 Å². The summed E-state index contributed by atoms with van der Waals surface area (Å²) in [5.41, 5.74) is 1.26. The zero-order valence-corrected chi connectivity index (χ0v) is 25.3. The van der Waals surface area contributed by atoms with Gasteiger partial charge in [0.1, 0.15) is 18.5 Å². The van der Waals surface area contributed by atoms with E-state index in [4.69, 9.17) is 9.47 Å². The Morgan fingerprint density at radius 2 is 1.83 bits per heavy atom. The van der Waals surface area contributed by atoms with Gasteiger partial charge in [0.05, 0.1) is 28.2 Å². The molecule has 2 saturated heterocycles. The molecule has 2 aliphatic rings. The molecule has 0 saturated carbocycles. The van der Waals surface area contributed by atoms with Crippen LogP contribution in [0.5, 0.6) is 5.75 Å². The quantitative estimate of drug-likeness (QED) is 0.289. The number of aliphatic hydroxyl groups is 1. The molecule has 1 aromatic heterocycles. The van der Waals surface area contributed by atoms with Gasteiger partial charge in [-0.1, -0.05) is 18.2 Å². The molecule has 0 unspecified atom stereocenters. The van der Waals surface area contributed by atoms with Gasteiger partial charge in [0, 0.05) is 50.6 Å². The number of benzene rings is 2. The van der Waals surface area contributed by atoms with Crippen molar-refractivity contribution in [2.75, 3.05) is 39.9 Å². The summed E-state index contributed by atoms with van der Waals surface area (Å²) in [6.07, 6.45) is 4.63. The summed E-state index contributed by atoms with van der Waals surface area (Å²) in [5, 5.41) is 17.9. The first-order chi connectivity index (χ1) is 20.0. The van der Waals surface area contributed by atoms with Gasteiger partial charge in [0.15, 0.2) is 0 Å². The van der Waals surface area contributed by atoms with Gasteiger partial charge in [-0.05, 0) is 56.1 Å². The summed E-state index contributed by atoms with van der Waals surface area (Å²) < 4.78 is 68.1. The van der Waals surface area contributed by atoms with Gasteiger partial charge in [0.2, 0.25) is 20.0 Å². The highest BCUT2D eigenvalue weighted by molar-refractivity contribution is 7.89. The first kappa shape index (κ1) is 30.6. The summed E-state index contributed by atoms with van der Waals surface area (Å²) in [5.74, 6) is 0.346. The number of nitrogens with one attached hydrogen (secondary N) is 2. The van der Waals surface area contributed by atoms with E-state index in [2.05, 4.69) is 15.1 Å². The fraction of sp³-hybridized carbons (Fsp3) is 0.464. The second-order valence-corrected chi connectivity index (χ2v) is 14.6. The van der Waals surface area contributed by atoms with E-state index in [1.54, 1.807) is 41.2 Å². The van der Waals surface area contributed by atoms with Crippen molar-refractivity contribution in [1.82, 2.24) is 24.1 Å². The molecule has 0 aliphatic carbocycles. The van der Waals surface area contributed by atoms with Gasteiger partial charge in [0.25, 0.3) is 0 Å². The van der Waals surface area contributed by atoms with Gasteiger partial charge in [-0.25, -0.2) is 21.6 Å². The summed E-state index contributed by atoms with van der Waals surface area (Å²) in [6, 6.07) is 13.0. The second-order valence-electron chi connectivity index (χ2n) is 10.8. The summed E-state index contributed by atoms with van der Waals surface area (Å²) in [4.78, 5) is 0.346. The minimum Gasteiger partial charge on any atom is -0.491 e. The topological polar surface area (TPSA) is 152 Å². The average molecular weight is 620 g/mol. The molecule has 228 valence electrons. The van der Waals surface area contributed by atoms with Gasteiger partial charge in [-0.15, -0.1) is 0 Å². The normalized spacial score (nSPS) is 20.1. The van der Waals surface area contributed by atoms with Gasteiger partial charge in [-0.2, -0.15) is 9.40 Å². The van der Waals surface area contributed by atoms with Crippen molar-refractivity contribution >= 4 is 20.0 Å². The Hall–Kier alpha value is -2.85. The van der Waals surface area contributed by atoms with E-state index in [1.807, 2.05) is 19.3 Å². The van der Waals surface area contributed by atoms with E-state index in [-0.39, 0.29) is 29.0 Å². The Bertz CT molecular complexity index is 1600. The molecule has 0 radical (unpaired) electrons. The number of ether oxygens (including phenoxy) is 2. The highest BCUT2D eigenvalue weighted by Crippen LogP contribution is 2.37. The molecule has 3 aromatic rings. The molecular formula is C28H37N5O7S2. The van der Waals surface area contributed by atoms with Crippen LogP contribution in [0, 0.1) is 0 Å². The molecule has 0 amide bonds. The van der Waals surface area contributed by atoms with Crippen LogP contribution >= 0.6 is 0 Å². The monoisotopic (exact) mass is 619 g/mol. The lowest BCUT2D eigenvalue weighted by molar-refractivity contribution is -0.0312. The Morgan fingerprint density at radius 1 is 1.10 bits per heavy atom. The van der Waals surface area contributed by atoms with Crippen LogP contribution in [0.4, 0.5) is 0 Å². The number of hydrogen-bond donors (Lipinski definition) is 3. The highest BCUT2D eigenvalue weighted by atomic mass is 32.2. The molecule has 42 heavy (non-hydrogen) atoms. The van der Waals surface area contributed by atoms with Crippen molar-refractivity contribution in [1.29, 1.82) is 0 Å². The molecule has 0 bridgehead atoms.